The van der Waals surface area contributed by atoms with Crippen molar-refractivity contribution < 1.29 is 14.1 Å². The zero-order valence-corrected chi connectivity index (χ0v) is 14.8. The Hall–Kier alpha value is -2.34. The highest BCUT2D eigenvalue weighted by Crippen LogP contribution is 2.19. The summed E-state index contributed by atoms with van der Waals surface area (Å²) >= 11 is 0. The van der Waals surface area contributed by atoms with Crippen molar-refractivity contribution in [3.8, 4) is 5.75 Å². The third kappa shape index (κ3) is 5.38. The lowest BCUT2D eigenvalue weighted by molar-refractivity contribution is 0.262. The summed E-state index contributed by atoms with van der Waals surface area (Å²) in [4.78, 5) is 12.0. The van der Waals surface area contributed by atoms with Crippen molar-refractivity contribution in [3.63, 3.8) is 0 Å². The second-order valence-electron chi connectivity index (χ2n) is 6.43. The van der Waals surface area contributed by atoms with E-state index in [2.05, 4.69) is 10.6 Å². The van der Waals surface area contributed by atoms with Gasteiger partial charge >= 0.3 is 6.03 Å². The maximum Gasteiger partial charge on any atom is 0.323 e. The van der Waals surface area contributed by atoms with E-state index >= 15 is 0 Å². The third-order valence-electron chi connectivity index (χ3n) is 3.29. The third-order valence-corrected chi connectivity index (χ3v) is 5.25. The van der Waals surface area contributed by atoms with E-state index in [-0.39, 0.29) is 16.5 Å². The van der Waals surface area contributed by atoms with Crippen LogP contribution in [-0.2, 0) is 16.6 Å². The van der Waals surface area contributed by atoms with Gasteiger partial charge in [-0.25, -0.2) is 4.79 Å². The van der Waals surface area contributed by atoms with Gasteiger partial charge in [0.1, 0.15) is 5.75 Å². The van der Waals surface area contributed by atoms with E-state index in [1.165, 1.54) is 12.1 Å². The first-order chi connectivity index (χ1) is 11.2. The Morgan fingerprint density at radius 1 is 1.04 bits per heavy atom. The molecule has 0 saturated heterocycles. The number of anilines is 2. The summed E-state index contributed by atoms with van der Waals surface area (Å²) in [7, 11) is -0.995. The van der Waals surface area contributed by atoms with Crippen molar-refractivity contribution >= 4 is 28.2 Å². The number of urea groups is 1. The molecule has 2 amide bonds. The molecule has 0 aliphatic carbocycles. The Labute approximate surface area is 144 Å². The van der Waals surface area contributed by atoms with Crippen LogP contribution in [-0.4, -0.2) is 20.1 Å². The molecule has 3 N–H and O–H groups in total. The zero-order valence-electron chi connectivity index (χ0n) is 14.0. The normalized spacial score (nSPS) is 12.5. The molecular weight excluding hydrogens is 324 g/mol. The number of carbonyl (C=O) groups excluding carboxylic acids is 1. The molecular formula is C18H22N2O3S. The van der Waals surface area contributed by atoms with E-state index in [1.54, 1.807) is 18.2 Å². The second kappa shape index (κ2) is 7.49. The minimum Gasteiger partial charge on any atom is -0.508 e. The van der Waals surface area contributed by atoms with Crippen molar-refractivity contribution in [3.05, 3.63) is 54.1 Å². The standard InChI is InChI=1S/C18H22N2O3S/c1-18(2,3)24(23)12-13-5-4-6-15(11-13)20-17(22)19-14-7-9-16(21)10-8-14/h4-11,21H,12H2,1-3H3,(H2,19,20,22). The lowest BCUT2D eigenvalue weighted by Gasteiger charge is -2.18. The molecule has 0 radical (unpaired) electrons. The predicted octanol–water partition coefficient (Wildman–Crippen LogP) is 4.08. The van der Waals surface area contributed by atoms with Gasteiger partial charge in [0.2, 0.25) is 0 Å². The number of aromatic hydroxyl groups is 1. The molecule has 0 fully saturated rings. The molecule has 128 valence electrons. The topological polar surface area (TPSA) is 78.4 Å². The quantitative estimate of drug-likeness (QED) is 0.730. The monoisotopic (exact) mass is 346 g/mol. The van der Waals surface area contributed by atoms with E-state index in [0.717, 1.165) is 5.56 Å². The lowest BCUT2D eigenvalue weighted by atomic mass is 10.2. The van der Waals surface area contributed by atoms with Crippen LogP contribution in [0.5, 0.6) is 5.75 Å². The minimum atomic E-state index is -0.995. The van der Waals surface area contributed by atoms with Gasteiger partial charge in [0.25, 0.3) is 0 Å². The van der Waals surface area contributed by atoms with Crippen LogP contribution in [0.2, 0.25) is 0 Å². The first-order valence-corrected chi connectivity index (χ1v) is 8.90. The zero-order chi connectivity index (χ0) is 17.7. The molecule has 1 unspecified atom stereocenters. The molecule has 0 heterocycles. The first kappa shape index (κ1) is 18.0. The van der Waals surface area contributed by atoms with Crippen molar-refractivity contribution in [2.24, 2.45) is 0 Å². The van der Waals surface area contributed by atoms with Crippen LogP contribution < -0.4 is 10.6 Å². The van der Waals surface area contributed by atoms with Gasteiger partial charge in [-0.3, -0.25) is 4.21 Å². The van der Waals surface area contributed by atoms with Gasteiger partial charge in [-0.15, -0.1) is 0 Å². The number of phenolic OH excluding ortho intramolecular Hbond substituents is 1. The number of carbonyl (C=O) groups is 1. The smallest absolute Gasteiger partial charge is 0.323 e. The van der Waals surface area contributed by atoms with Gasteiger partial charge in [-0.2, -0.15) is 0 Å². The largest absolute Gasteiger partial charge is 0.508 e. The molecule has 2 aromatic carbocycles. The van der Waals surface area contributed by atoms with E-state index < -0.39 is 10.8 Å². The Morgan fingerprint density at radius 2 is 1.67 bits per heavy atom. The summed E-state index contributed by atoms with van der Waals surface area (Å²) in [5.74, 6) is 0.582. The first-order valence-electron chi connectivity index (χ1n) is 7.58. The highest BCUT2D eigenvalue weighted by Gasteiger charge is 2.19. The maximum atomic E-state index is 12.2. The van der Waals surface area contributed by atoms with Crippen molar-refractivity contribution in [2.45, 2.75) is 31.3 Å². The van der Waals surface area contributed by atoms with Crippen LogP contribution >= 0.6 is 0 Å². The van der Waals surface area contributed by atoms with E-state index in [1.807, 2.05) is 39.0 Å². The van der Waals surface area contributed by atoms with Crippen LogP contribution in [0.1, 0.15) is 26.3 Å². The maximum absolute atomic E-state index is 12.2. The molecule has 0 spiro atoms. The Balaban J connectivity index is 1.99. The van der Waals surface area contributed by atoms with Gasteiger partial charge in [0, 0.05) is 32.7 Å². The Kier molecular flexibility index (Phi) is 5.62. The number of phenols is 1. The highest BCUT2D eigenvalue weighted by atomic mass is 32.2. The molecule has 24 heavy (non-hydrogen) atoms. The van der Waals surface area contributed by atoms with Gasteiger partial charge in [-0.1, -0.05) is 12.1 Å². The summed E-state index contributed by atoms with van der Waals surface area (Å²) in [6.45, 7) is 5.82. The Bertz CT molecular complexity index is 737. The van der Waals surface area contributed by atoms with Crippen molar-refractivity contribution in [2.75, 3.05) is 10.6 Å². The molecule has 1 atom stereocenters. The summed E-state index contributed by atoms with van der Waals surface area (Å²) in [5, 5.41) is 14.7. The average Bonchev–Trinajstić information content (AvgIpc) is 2.49. The molecule has 0 saturated carbocycles. The summed E-state index contributed by atoms with van der Waals surface area (Å²) in [5.41, 5.74) is 2.12. The number of hydrogen-bond acceptors (Lipinski definition) is 3. The summed E-state index contributed by atoms with van der Waals surface area (Å²) in [6, 6.07) is 13.2. The van der Waals surface area contributed by atoms with E-state index in [4.69, 9.17) is 0 Å². The van der Waals surface area contributed by atoms with Gasteiger partial charge in [0.15, 0.2) is 0 Å². The molecule has 0 bridgehead atoms. The van der Waals surface area contributed by atoms with Crippen LogP contribution in [0.3, 0.4) is 0 Å². The van der Waals surface area contributed by atoms with Gasteiger partial charge in [-0.05, 0) is 62.7 Å². The molecule has 2 rings (SSSR count). The van der Waals surface area contributed by atoms with Gasteiger partial charge < -0.3 is 15.7 Å². The number of hydrogen-bond donors (Lipinski definition) is 3. The molecule has 2 aromatic rings. The van der Waals surface area contributed by atoms with E-state index in [9.17, 15) is 14.1 Å². The lowest BCUT2D eigenvalue weighted by Crippen LogP contribution is -2.23. The Morgan fingerprint density at radius 3 is 2.29 bits per heavy atom. The molecule has 0 aromatic heterocycles. The SMILES string of the molecule is CC(C)(C)S(=O)Cc1cccc(NC(=O)Nc2ccc(O)cc2)c1. The highest BCUT2D eigenvalue weighted by molar-refractivity contribution is 7.85. The minimum absolute atomic E-state index is 0.139. The summed E-state index contributed by atoms with van der Waals surface area (Å²) < 4.78 is 11.9. The number of rotatable bonds is 4. The number of benzene rings is 2. The fraction of sp³-hybridized carbons (Fsp3) is 0.278. The van der Waals surface area contributed by atoms with Crippen LogP contribution in [0.25, 0.3) is 0 Å². The molecule has 0 aliphatic rings. The second-order valence-corrected chi connectivity index (χ2v) is 8.63. The van der Waals surface area contributed by atoms with Crippen molar-refractivity contribution in [1.29, 1.82) is 0 Å². The van der Waals surface area contributed by atoms with Gasteiger partial charge in [0.05, 0.1) is 0 Å². The summed E-state index contributed by atoms with van der Waals surface area (Å²) in [6.07, 6.45) is 0. The van der Waals surface area contributed by atoms with Crippen molar-refractivity contribution in [1.82, 2.24) is 0 Å². The van der Waals surface area contributed by atoms with E-state index in [0.29, 0.717) is 17.1 Å². The molecule has 6 heteroatoms. The van der Waals surface area contributed by atoms with Crippen LogP contribution in [0.4, 0.5) is 16.2 Å². The number of nitrogens with one attached hydrogen (secondary N) is 2. The van der Waals surface area contributed by atoms with Crippen LogP contribution in [0.15, 0.2) is 48.5 Å². The predicted molar refractivity (Wildman–Crippen MR) is 98.8 cm³/mol. The fourth-order valence-corrected chi connectivity index (χ4v) is 2.86. The molecule has 0 aliphatic heterocycles. The molecule has 5 nitrogen and oxygen atoms in total. The number of amides is 2. The average molecular weight is 346 g/mol. The van der Waals surface area contributed by atoms with Crippen LogP contribution in [0, 0.1) is 0 Å². The fourth-order valence-electron chi connectivity index (χ4n) is 1.94.